The summed E-state index contributed by atoms with van der Waals surface area (Å²) < 4.78 is 0. The van der Waals surface area contributed by atoms with Gasteiger partial charge < -0.3 is 10.6 Å². The number of nitrogens with one attached hydrogen (secondary N) is 1. The summed E-state index contributed by atoms with van der Waals surface area (Å²) in [6.07, 6.45) is 3.12. The highest BCUT2D eigenvalue weighted by atomic mass is 16.2. The Bertz CT molecular complexity index is 289. The Morgan fingerprint density at radius 2 is 2.21 bits per heavy atom. The van der Waals surface area contributed by atoms with Gasteiger partial charge in [0.05, 0.1) is 0 Å². The molecule has 6 nitrogen and oxygen atoms in total. The monoisotopic (exact) mass is 195 g/mol. The quantitative estimate of drug-likeness (QED) is 0.705. The number of nitrogens with two attached hydrogens (primary N) is 1. The topological polar surface area (TPSA) is 84.1 Å². The van der Waals surface area contributed by atoms with Crippen molar-refractivity contribution in [2.45, 2.75) is 0 Å². The lowest BCUT2D eigenvalue weighted by Gasteiger charge is -2.15. The number of aromatic nitrogens is 2. The first kappa shape index (κ1) is 10.4. The highest BCUT2D eigenvalue weighted by Crippen LogP contribution is 1.95. The van der Waals surface area contributed by atoms with Crippen molar-refractivity contribution in [3.05, 3.63) is 18.5 Å². The Morgan fingerprint density at radius 3 is 2.79 bits per heavy atom. The van der Waals surface area contributed by atoms with Gasteiger partial charge in [-0.1, -0.05) is 0 Å². The van der Waals surface area contributed by atoms with Gasteiger partial charge in [-0.15, -0.1) is 0 Å². The van der Waals surface area contributed by atoms with Gasteiger partial charge in [0.2, 0.25) is 5.95 Å². The summed E-state index contributed by atoms with van der Waals surface area (Å²) in [5, 5.41) is 2.54. The normalized spacial score (nSPS) is 9.57. The molecule has 0 saturated heterocycles. The van der Waals surface area contributed by atoms with E-state index in [1.165, 1.54) is 4.90 Å². The number of amides is 2. The molecule has 1 aromatic rings. The number of likely N-dealkylation sites (N-methyl/N-ethyl adjacent to an activating group) is 1. The van der Waals surface area contributed by atoms with Crippen molar-refractivity contribution < 1.29 is 4.79 Å². The molecule has 14 heavy (non-hydrogen) atoms. The fourth-order valence-corrected chi connectivity index (χ4v) is 0.850. The first-order valence-corrected chi connectivity index (χ1v) is 4.23. The lowest BCUT2D eigenvalue weighted by atomic mass is 10.6. The van der Waals surface area contributed by atoms with Crippen LogP contribution in [0.1, 0.15) is 0 Å². The van der Waals surface area contributed by atoms with Crippen LogP contribution in [0.3, 0.4) is 0 Å². The fraction of sp³-hybridized carbons (Fsp3) is 0.375. The van der Waals surface area contributed by atoms with Crippen LogP contribution in [0.25, 0.3) is 0 Å². The third-order valence-corrected chi connectivity index (χ3v) is 1.60. The molecule has 0 bridgehead atoms. The van der Waals surface area contributed by atoms with Gasteiger partial charge in [0.1, 0.15) is 0 Å². The summed E-state index contributed by atoms with van der Waals surface area (Å²) >= 11 is 0. The lowest BCUT2D eigenvalue weighted by molar-refractivity contribution is 0.223. The molecule has 2 amide bonds. The molecular formula is C8H13N5O. The minimum absolute atomic E-state index is 0.262. The third-order valence-electron chi connectivity index (χ3n) is 1.60. The van der Waals surface area contributed by atoms with Crippen molar-refractivity contribution in [2.24, 2.45) is 5.73 Å². The summed E-state index contributed by atoms with van der Waals surface area (Å²) in [5.74, 6) is 0.293. The van der Waals surface area contributed by atoms with Crippen molar-refractivity contribution in [3.8, 4) is 0 Å². The number of anilines is 1. The number of carbonyl (C=O) groups is 1. The van der Waals surface area contributed by atoms with Crippen molar-refractivity contribution in [2.75, 3.05) is 25.5 Å². The average Bonchev–Trinajstić information content (AvgIpc) is 2.19. The summed E-state index contributed by atoms with van der Waals surface area (Å²) in [6.45, 7) is 0.929. The number of hydrogen-bond acceptors (Lipinski definition) is 4. The zero-order valence-corrected chi connectivity index (χ0v) is 7.97. The zero-order valence-electron chi connectivity index (χ0n) is 7.97. The molecule has 0 aliphatic rings. The van der Waals surface area contributed by atoms with E-state index in [4.69, 9.17) is 5.73 Å². The van der Waals surface area contributed by atoms with Crippen LogP contribution in [0, 0.1) is 0 Å². The Morgan fingerprint density at radius 1 is 1.57 bits per heavy atom. The molecule has 0 aromatic carbocycles. The minimum atomic E-state index is -0.262. The number of hydrogen-bond donors (Lipinski definition) is 2. The molecule has 0 aliphatic heterocycles. The first-order valence-electron chi connectivity index (χ1n) is 4.23. The molecule has 0 aliphatic carbocycles. The van der Waals surface area contributed by atoms with Crippen LogP contribution in [0.5, 0.6) is 0 Å². The van der Waals surface area contributed by atoms with Crippen molar-refractivity contribution in [1.82, 2.24) is 14.9 Å². The number of carbonyl (C=O) groups excluding carboxylic acids is 1. The maximum absolute atomic E-state index is 11.4. The highest BCUT2D eigenvalue weighted by molar-refractivity contribution is 5.87. The lowest BCUT2D eigenvalue weighted by Crippen LogP contribution is -2.35. The number of urea groups is 1. The molecule has 0 unspecified atom stereocenters. The summed E-state index contributed by atoms with van der Waals surface area (Å²) in [7, 11) is 1.66. The van der Waals surface area contributed by atoms with Gasteiger partial charge in [0.25, 0.3) is 0 Å². The molecule has 6 heteroatoms. The van der Waals surface area contributed by atoms with Gasteiger partial charge in [-0.3, -0.25) is 5.32 Å². The van der Waals surface area contributed by atoms with Gasteiger partial charge in [-0.25, -0.2) is 14.8 Å². The molecule has 0 saturated carbocycles. The molecule has 0 spiro atoms. The van der Waals surface area contributed by atoms with E-state index < -0.39 is 0 Å². The van der Waals surface area contributed by atoms with Crippen molar-refractivity contribution in [3.63, 3.8) is 0 Å². The van der Waals surface area contributed by atoms with E-state index in [0.717, 1.165) is 0 Å². The van der Waals surface area contributed by atoms with Crippen LogP contribution >= 0.6 is 0 Å². The minimum Gasteiger partial charge on any atom is -0.329 e. The Hall–Kier alpha value is -1.69. The fourth-order valence-electron chi connectivity index (χ4n) is 0.850. The van der Waals surface area contributed by atoms with Crippen molar-refractivity contribution in [1.29, 1.82) is 0 Å². The predicted octanol–water partition coefficient (Wildman–Crippen LogP) is -0.101. The van der Waals surface area contributed by atoms with E-state index in [1.54, 1.807) is 25.5 Å². The van der Waals surface area contributed by atoms with Gasteiger partial charge in [0, 0.05) is 32.5 Å². The van der Waals surface area contributed by atoms with E-state index in [9.17, 15) is 4.79 Å². The molecular weight excluding hydrogens is 182 g/mol. The predicted molar refractivity (Wildman–Crippen MR) is 52.7 cm³/mol. The van der Waals surface area contributed by atoms with Crippen molar-refractivity contribution >= 4 is 12.0 Å². The highest BCUT2D eigenvalue weighted by Gasteiger charge is 2.07. The van der Waals surface area contributed by atoms with Crippen LogP contribution in [0.4, 0.5) is 10.7 Å². The summed E-state index contributed by atoms with van der Waals surface area (Å²) in [5.41, 5.74) is 5.31. The van der Waals surface area contributed by atoms with E-state index in [2.05, 4.69) is 15.3 Å². The van der Waals surface area contributed by atoms with Crippen LogP contribution in [-0.2, 0) is 0 Å². The molecule has 0 radical (unpaired) electrons. The zero-order chi connectivity index (χ0) is 10.4. The van der Waals surface area contributed by atoms with E-state index >= 15 is 0 Å². The maximum Gasteiger partial charge on any atom is 0.324 e. The number of rotatable bonds is 3. The SMILES string of the molecule is CN(CCN)C(=O)Nc1ncccn1. The van der Waals surface area contributed by atoms with Gasteiger partial charge in [0.15, 0.2) is 0 Å². The second-order valence-corrected chi connectivity index (χ2v) is 2.71. The summed E-state index contributed by atoms with van der Waals surface area (Å²) in [6, 6.07) is 1.42. The maximum atomic E-state index is 11.4. The molecule has 0 fully saturated rings. The third kappa shape index (κ3) is 2.98. The second kappa shape index (κ2) is 5.13. The van der Waals surface area contributed by atoms with E-state index in [-0.39, 0.29) is 6.03 Å². The number of nitrogens with zero attached hydrogens (tertiary/aromatic N) is 3. The molecule has 1 rings (SSSR count). The Labute approximate surface area is 82.1 Å². The molecule has 1 heterocycles. The standard InChI is InChI=1S/C8H13N5O/c1-13(6-3-9)8(14)12-7-10-4-2-5-11-7/h2,4-5H,3,6,9H2,1H3,(H,10,11,12,14). The van der Waals surface area contributed by atoms with Gasteiger partial charge in [-0.2, -0.15) is 0 Å². The second-order valence-electron chi connectivity index (χ2n) is 2.71. The Balaban J connectivity index is 2.49. The average molecular weight is 195 g/mol. The van der Waals surface area contributed by atoms with Crippen LogP contribution in [0.15, 0.2) is 18.5 Å². The first-order chi connectivity index (χ1) is 6.74. The Kier molecular flexibility index (Phi) is 3.81. The molecule has 1 aromatic heterocycles. The van der Waals surface area contributed by atoms with Gasteiger partial charge >= 0.3 is 6.03 Å². The van der Waals surface area contributed by atoms with Crippen LogP contribution in [-0.4, -0.2) is 41.0 Å². The largest absolute Gasteiger partial charge is 0.329 e. The van der Waals surface area contributed by atoms with E-state index in [0.29, 0.717) is 19.0 Å². The van der Waals surface area contributed by atoms with Crippen LogP contribution < -0.4 is 11.1 Å². The van der Waals surface area contributed by atoms with Gasteiger partial charge in [-0.05, 0) is 6.07 Å². The van der Waals surface area contributed by atoms with Crippen LogP contribution in [0.2, 0.25) is 0 Å². The van der Waals surface area contributed by atoms with E-state index in [1.807, 2.05) is 0 Å². The molecule has 0 atom stereocenters. The summed E-state index contributed by atoms with van der Waals surface area (Å²) in [4.78, 5) is 20.6. The smallest absolute Gasteiger partial charge is 0.324 e. The molecule has 3 N–H and O–H groups in total. The molecule has 76 valence electrons.